The fourth-order valence-electron chi connectivity index (χ4n) is 9.22. The van der Waals surface area contributed by atoms with E-state index < -0.39 is 23.3 Å². The number of hydrogen-bond acceptors (Lipinski definition) is 8. The highest BCUT2D eigenvalue weighted by Crippen LogP contribution is 2.57. The quantitative estimate of drug-likeness (QED) is 0.154. The highest BCUT2D eigenvalue weighted by Gasteiger charge is 2.70. The van der Waals surface area contributed by atoms with E-state index in [1.807, 2.05) is 80.6 Å². The van der Waals surface area contributed by atoms with Crippen LogP contribution in [0, 0.1) is 17.8 Å². The molecule has 3 N–H and O–H groups in total. The number of anilines is 1. The summed E-state index contributed by atoms with van der Waals surface area (Å²) in [7, 11) is 0. The molecule has 7 aromatic rings. The second kappa shape index (κ2) is 13.1. The zero-order valence-corrected chi connectivity index (χ0v) is 32.4. The van der Waals surface area contributed by atoms with Gasteiger partial charge in [0.05, 0.1) is 50.4 Å². The third-order valence-electron chi connectivity index (χ3n) is 11.7. The van der Waals surface area contributed by atoms with Crippen molar-refractivity contribution >= 4 is 79.7 Å². The summed E-state index contributed by atoms with van der Waals surface area (Å²) in [4.78, 5) is 68.2. The van der Waals surface area contributed by atoms with Gasteiger partial charge < -0.3 is 10.1 Å². The van der Waals surface area contributed by atoms with Crippen LogP contribution in [-0.2, 0) is 15.1 Å². The molecule has 1 spiro atoms. The number of carbonyl (C=O) groups excluding carboxylic acids is 3. The summed E-state index contributed by atoms with van der Waals surface area (Å²) in [5.74, 6) is -2.04. The summed E-state index contributed by atoms with van der Waals surface area (Å²) < 4.78 is 1.59. The van der Waals surface area contributed by atoms with E-state index >= 15 is 0 Å². The van der Waals surface area contributed by atoms with Crippen LogP contribution in [0.4, 0.5) is 11.4 Å². The number of aromatic hydroxyl groups is 1. The van der Waals surface area contributed by atoms with Gasteiger partial charge in [-0.15, -0.1) is 0 Å². The van der Waals surface area contributed by atoms with Crippen molar-refractivity contribution in [1.29, 1.82) is 0 Å². The lowest BCUT2D eigenvalue weighted by Crippen LogP contribution is -2.51. The smallest absolute Gasteiger partial charge is 0.266 e. The van der Waals surface area contributed by atoms with Crippen molar-refractivity contribution in [3.8, 4) is 11.6 Å². The average molecular weight is 808 g/mol. The number of H-pyrrole nitrogens is 1. The highest BCUT2D eigenvalue weighted by molar-refractivity contribution is 6.56. The summed E-state index contributed by atoms with van der Waals surface area (Å²) in [5, 5.41) is 15.7. The summed E-state index contributed by atoms with van der Waals surface area (Å²) in [5.41, 5.74) is 3.57. The van der Waals surface area contributed by atoms with Gasteiger partial charge in [0, 0.05) is 33.1 Å². The standard InChI is InChI=1S/C29H22Cl2N4O3.C16H10N2O2/c1-14(2)24-22-23(27(38)34(26(22)37)21-13-15(30)11-12-18(21)31)29(33-24)17-8-4-6-10-20(17)35-25(36)16-7-3-5-9-19(16)32-28(29)35;19-15-10-6-2-4-8-12(10)17-14(15)13-9-5-1-3-7-11(9)18-16(13)20/h3-14,22-24,33H,1-2H3;1-8,18,20H/t22-,23-,24?,29?;/m1./s1. The molecule has 2 amide bonds. The maximum Gasteiger partial charge on any atom is 0.266 e. The van der Waals surface area contributed by atoms with Gasteiger partial charge in [-0.3, -0.25) is 29.1 Å². The first kappa shape index (κ1) is 36.0. The molecule has 2 unspecified atom stereocenters. The van der Waals surface area contributed by atoms with E-state index in [1.165, 1.54) is 11.0 Å². The molecule has 0 saturated carbocycles. The Bertz CT molecular complexity index is 3050. The van der Waals surface area contributed by atoms with Crippen molar-refractivity contribution in [2.75, 3.05) is 4.90 Å². The monoisotopic (exact) mass is 806 g/mol. The number of para-hydroxylation sites is 4. The van der Waals surface area contributed by atoms with Crippen molar-refractivity contribution in [3.63, 3.8) is 0 Å². The fraction of sp³-hybridized carbons (Fsp3) is 0.156. The Hall–Kier alpha value is -6.40. The van der Waals surface area contributed by atoms with Crippen LogP contribution in [0.2, 0.25) is 10.0 Å². The minimum atomic E-state index is -1.19. The number of carbonyl (C=O) groups is 3. The van der Waals surface area contributed by atoms with Crippen LogP contribution in [-0.4, -0.2) is 49.0 Å². The molecule has 6 heterocycles. The van der Waals surface area contributed by atoms with Crippen molar-refractivity contribution < 1.29 is 19.5 Å². The molecular weight excluding hydrogens is 775 g/mol. The first-order valence-corrected chi connectivity index (χ1v) is 19.5. The molecule has 13 heteroatoms. The van der Waals surface area contributed by atoms with Gasteiger partial charge in [-0.2, -0.15) is 0 Å². The third kappa shape index (κ3) is 4.97. The van der Waals surface area contributed by atoms with Gasteiger partial charge in [0.1, 0.15) is 17.1 Å². The number of aromatic nitrogens is 3. The minimum Gasteiger partial charge on any atom is -0.494 e. The largest absolute Gasteiger partial charge is 0.494 e. The Balaban J connectivity index is 0.000000171. The Labute approximate surface area is 340 Å². The molecule has 11 rings (SSSR count). The van der Waals surface area contributed by atoms with Crippen LogP contribution < -0.4 is 15.8 Å². The number of ketones is 1. The second-order valence-corrected chi connectivity index (χ2v) is 16.0. The lowest BCUT2D eigenvalue weighted by atomic mass is 9.75. The van der Waals surface area contributed by atoms with Crippen LogP contribution in [0.15, 0.2) is 125 Å². The molecule has 0 aliphatic carbocycles. The van der Waals surface area contributed by atoms with Crippen LogP contribution in [0.1, 0.15) is 41.2 Å². The molecule has 11 nitrogen and oxygen atoms in total. The van der Waals surface area contributed by atoms with Gasteiger partial charge in [0.25, 0.3) is 5.56 Å². The van der Waals surface area contributed by atoms with Gasteiger partial charge in [-0.05, 0) is 60.5 Å². The minimum absolute atomic E-state index is 0.00167. The number of rotatable bonds is 3. The zero-order chi connectivity index (χ0) is 40.2. The van der Waals surface area contributed by atoms with Crippen LogP contribution >= 0.6 is 23.2 Å². The third-order valence-corrected chi connectivity index (χ3v) is 12.2. The molecule has 4 aliphatic heterocycles. The SMILES string of the molecule is CC(C)C1NC2(c3ccccc3-n3c2nc2ccccc2c3=O)[C@H]2C(=O)N(c3cc(Cl)ccc3Cl)C(=O)[C@@H]12.O=C1C(c2c(O)[nH]c3ccccc23)=Nc2ccccc21. The average Bonchev–Trinajstić information content (AvgIpc) is 3.99. The Morgan fingerprint density at radius 2 is 1.50 bits per heavy atom. The molecule has 4 aliphatic rings. The number of nitrogens with zero attached hydrogens (tertiary/aromatic N) is 4. The number of aliphatic imine (C=N–C) groups is 1. The van der Waals surface area contributed by atoms with Crippen molar-refractivity contribution in [1.82, 2.24) is 19.9 Å². The van der Waals surface area contributed by atoms with Gasteiger partial charge in [0.15, 0.2) is 5.88 Å². The van der Waals surface area contributed by atoms with Crippen LogP contribution in [0.5, 0.6) is 5.88 Å². The summed E-state index contributed by atoms with van der Waals surface area (Å²) in [6, 6.07) is 33.7. The van der Waals surface area contributed by atoms with E-state index in [0.29, 0.717) is 50.0 Å². The van der Waals surface area contributed by atoms with E-state index in [-0.39, 0.29) is 45.8 Å². The molecule has 5 aromatic carbocycles. The lowest BCUT2D eigenvalue weighted by Gasteiger charge is -2.32. The van der Waals surface area contributed by atoms with E-state index in [2.05, 4.69) is 15.3 Å². The Morgan fingerprint density at radius 3 is 2.29 bits per heavy atom. The van der Waals surface area contributed by atoms with Crippen LogP contribution in [0.3, 0.4) is 0 Å². The maximum absolute atomic E-state index is 14.4. The van der Waals surface area contributed by atoms with Gasteiger partial charge >= 0.3 is 0 Å². The number of imide groups is 1. The summed E-state index contributed by atoms with van der Waals surface area (Å²) in [6.07, 6.45) is 0. The predicted octanol–water partition coefficient (Wildman–Crippen LogP) is 7.87. The molecule has 0 bridgehead atoms. The van der Waals surface area contributed by atoms with Crippen molar-refractivity contribution in [2.24, 2.45) is 22.7 Å². The number of amides is 2. The number of hydrogen-bond donors (Lipinski definition) is 3. The van der Waals surface area contributed by atoms with Gasteiger partial charge in [0.2, 0.25) is 17.6 Å². The fourth-order valence-corrected chi connectivity index (χ4v) is 9.59. The van der Waals surface area contributed by atoms with E-state index in [1.54, 1.807) is 47.0 Å². The molecule has 2 fully saturated rings. The van der Waals surface area contributed by atoms with E-state index in [9.17, 15) is 24.3 Å². The number of fused-ring (bicyclic) bond motifs is 10. The molecule has 58 heavy (non-hydrogen) atoms. The highest BCUT2D eigenvalue weighted by atomic mass is 35.5. The molecule has 4 atom stereocenters. The zero-order valence-electron chi connectivity index (χ0n) is 30.9. The number of benzene rings is 5. The number of aromatic amines is 1. The first-order chi connectivity index (χ1) is 28.0. The second-order valence-electron chi connectivity index (χ2n) is 15.1. The number of Topliss-reactive ketones (excluding diaryl/α,β-unsaturated/α-hetero) is 1. The Morgan fingerprint density at radius 1 is 0.793 bits per heavy atom. The lowest BCUT2D eigenvalue weighted by molar-refractivity contribution is -0.123. The van der Waals surface area contributed by atoms with Crippen molar-refractivity contribution in [3.05, 3.63) is 158 Å². The van der Waals surface area contributed by atoms with Crippen LogP contribution in [0.25, 0.3) is 27.5 Å². The van der Waals surface area contributed by atoms with Gasteiger partial charge in [-0.25, -0.2) is 14.9 Å². The predicted molar refractivity (Wildman–Crippen MR) is 223 cm³/mol. The number of nitrogens with one attached hydrogen (secondary N) is 2. The van der Waals surface area contributed by atoms with Crippen molar-refractivity contribution in [2.45, 2.75) is 25.4 Å². The molecule has 0 radical (unpaired) electrons. The molecule has 286 valence electrons. The van der Waals surface area contributed by atoms with E-state index in [0.717, 1.165) is 16.5 Å². The normalized spacial score (nSPS) is 21.4. The van der Waals surface area contributed by atoms with Gasteiger partial charge in [-0.1, -0.05) is 97.7 Å². The Kier molecular flexibility index (Phi) is 8.11. The molecular formula is C45H32Cl2N6O5. The summed E-state index contributed by atoms with van der Waals surface area (Å²) >= 11 is 12.7. The number of halogens is 2. The first-order valence-electron chi connectivity index (χ1n) is 18.8. The molecule has 2 saturated heterocycles. The summed E-state index contributed by atoms with van der Waals surface area (Å²) in [6.45, 7) is 4.03. The van der Waals surface area contributed by atoms with E-state index in [4.69, 9.17) is 28.2 Å². The maximum atomic E-state index is 14.4. The molecule has 2 aromatic heterocycles. The topological polar surface area (TPSA) is 150 Å².